The zero-order chi connectivity index (χ0) is 13.1. The van der Waals surface area contributed by atoms with Gasteiger partial charge in [-0.3, -0.25) is 0 Å². The average molecular weight is 264 g/mol. The van der Waals surface area contributed by atoms with Crippen molar-refractivity contribution in [2.24, 2.45) is 5.73 Å². The highest BCUT2D eigenvalue weighted by Crippen LogP contribution is 2.19. The summed E-state index contributed by atoms with van der Waals surface area (Å²) in [7, 11) is -3.20. The van der Waals surface area contributed by atoms with Crippen LogP contribution >= 0.6 is 0 Å². The molecule has 2 atom stereocenters. The number of ether oxygens (including phenoxy) is 1. The Hall–Kier alpha value is -0.170. The molecule has 6 heteroatoms. The first kappa shape index (κ1) is 14.9. The molecule has 0 bridgehead atoms. The van der Waals surface area contributed by atoms with Crippen LogP contribution in [-0.4, -0.2) is 49.8 Å². The first-order valence-electron chi connectivity index (χ1n) is 6.19. The van der Waals surface area contributed by atoms with E-state index in [1.807, 2.05) is 20.8 Å². The third-order valence-corrected chi connectivity index (χ3v) is 4.95. The second-order valence-electron chi connectivity index (χ2n) is 4.98. The largest absolute Gasteiger partial charge is 0.378 e. The lowest BCUT2D eigenvalue weighted by Crippen LogP contribution is -2.49. The molecular formula is C11H24N2O3S. The first-order chi connectivity index (χ1) is 7.83. The molecule has 1 saturated heterocycles. The molecule has 0 aromatic heterocycles. The first-order valence-corrected chi connectivity index (χ1v) is 7.80. The maximum Gasteiger partial charge on any atom is 0.216 e. The summed E-state index contributed by atoms with van der Waals surface area (Å²) in [5.41, 5.74) is 5.82. The Morgan fingerprint density at radius 2 is 2.12 bits per heavy atom. The lowest BCUT2D eigenvalue weighted by Gasteiger charge is -2.35. The summed E-state index contributed by atoms with van der Waals surface area (Å²) in [5.74, 6) is 0.0603. The molecule has 102 valence electrons. The van der Waals surface area contributed by atoms with E-state index >= 15 is 0 Å². The van der Waals surface area contributed by atoms with Crippen LogP contribution in [-0.2, 0) is 14.8 Å². The van der Waals surface area contributed by atoms with Gasteiger partial charge in [0.25, 0.3) is 0 Å². The van der Waals surface area contributed by atoms with E-state index in [0.29, 0.717) is 6.54 Å². The summed E-state index contributed by atoms with van der Waals surface area (Å²) < 4.78 is 31.0. The minimum atomic E-state index is -3.20. The summed E-state index contributed by atoms with van der Waals surface area (Å²) >= 11 is 0. The van der Waals surface area contributed by atoms with Gasteiger partial charge in [-0.15, -0.1) is 0 Å². The number of sulfonamides is 1. The van der Waals surface area contributed by atoms with E-state index in [-0.39, 0.29) is 30.5 Å². The monoisotopic (exact) mass is 264 g/mol. The van der Waals surface area contributed by atoms with Crippen molar-refractivity contribution in [1.82, 2.24) is 4.31 Å². The van der Waals surface area contributed by atoms with Crippen molar-refractivity contribution >= 4 is 10.0 Å². The van der Waals surface area contributed by atoms with Gasteiger partial charge in [0.1, 0.15) is 0 Å². The molecule has 0 aromatic carbocycles. The minimum absolute atomic E-state index is 0.00259. The van der Waals surface area contributed by atoms with Crippen LogP contribution in [0.2, 0.25) is 0 Å². The Bertz CT molecular complexity index is 330. The third-order valence-electron chi connectivity index (χ3n) is 3.01. The van der Waals surface area contributed by atoms with Gasteiger partial charge in [0.15, 0.2) is 0 Å². The molecule has 1 rings (SSSR count). The SMILES string of the molecule is CC(C)OCCS(=O)(=O)N1CCC(N)CC1C. The highest BCUT2D eigenvalue weighted by molar-refractivity contribution is 7.89. The summed E-state index contributed by atoms with van der Waals surface area (Å²) in [6, 6.07) is 0.131. The fraction of sp³-hybridized carbons (Fsp3) is 1.00. The van der Waals surface area contributed by atoms with Crippen LogP contribution in [0.1, 0.15) is 33.6 Å². The Labute approximate surface area is 104 Å². The molecule has 5 nitrogen and oxygen atoms in total. The van der Waals surface area contributed by atoms with E-state index < -0.39 is 10.0 Å². The molecule has 1 fully saturated rings. The summed E-state index contributed by atoms with van der Waals surface area (Å²) in [5, 5.41) is 0. The van der Waals surface area contributed by atoms with Crippen LogP contribution in [0.5, 0.6) is 0 Å². The van der Waals surface area contributed by atoms with E-state index in [1.54, 1.807) is 4.31 Å². The number of hydrogen-bond acceptors (Lipinski definition) is 4. The molecule has 17 heavy (non-hydrogen) atoms. The van der Waals surface area contributed by atoms with Crippen molar-refractivity contribution in [3.8, 4) is 0 Å². The van der Waals surface area contributed by atoms with Gasteiger partial charge in [-0.2, -0.15) is 4.31 Å². The van der Waals surface area contributed by atoms with Crippen molar-refractivity contribution in [2.75, 3.05) is 18.9 Å². The van der Waals surface area contributed by atoms with Gasteiger partial charge < -0.3 is 10.5 Å². The number of piperidine rings is 1. The molecule has 2 N–H and O–H groups in total. The molecule has 0 saturated carbocycles. The van der Waals surface area contributed by atoms with Crippen LogP contribution < -0.4 is 5.73 Å². The van der Waals surface area contributed by atoms with Crippen LogP contribution in [0, 0.1) is 0 Å². The van der Waals surface area contributed by atoms with Gasteiger partial charge in [-0.25, -0.2) is 8.42 Å². The van der Waals surface area contributed by atoms with Gasteiger partial charge >= 0.3 is 0 Å². The zero-order valence-electron chi connectivity index (χ0n) is 10.9. The van der Waals surface area contributed by atoms with Crippen LogP contribution in [0.4, 0.5) is 0 Å². The van der Waals surface area contributed by atoms with Gasteiger partial charge in [0.05, 0.1) is 18.5 Å². The highest BCUT2D eigenvalue weighted by atomic mass is 32.2. The standard InChI is InChI=1S/C11H24N2O3S/c1-9(2)16-6-7-17(14,15)13-5-4-11(12)8-10(13)3/h9-11H,4-8,12H2,1-3H3. The molecule has 0 aliphatic carbocycles. The Balaban J connectivity index is 2.52. The number of rotatable bonds is 5. The summed E-state index contributed by atoms with van der Waals surface area (Å²) in [4.78, 5) is 0. The smallest absolute Gasteiger partial charge is 0.216 e. The maximum atomic E-state index is 12.1. The van der Waals surface area contributed by atoms with E-state index in [2.05, 4.69) is 0 Å². The molecule has 1 heterocycles. The quantitative estimate of drug-likeness (QED) is 0.787. The second-order valence-corrected chi connectivity index (χ2v) is 7.02. The fourth-order valence-electron chi connectivity index (χ4n) is 2.11. The molecule has 1 aliphatic rings. The lowest BCUT2D eigenvalue weighted by molar-refractivity contribution is 0.0902. The molecule has 0 amide bonds. The molecule has 1 aliphatic heterocycles. The normalized spacial score (nSPS) is 27.6. The lowest BCUT2D eigenvalue weighted by atomic mass is 10.0. The van der Waals surface area contributed by atoms with E-state index in [9.17, 15) is 8.42 Å². The zero-order valence-corrected chi connectivity index (χ0v) is 11.7. The predicted octanol–water partition coefficient (Wildman–Crippen LogP) is 0.553. The van der Waals surface area contributed by atoms with Crippen molar-refractivity contribution in [2.45, 2.75) is 51.8 Å². The fourth-order valence-corrected chi connectivity index (χ4v) is 3.67. The maximum absolute atomic E-state index is 12.1. The van der Waals surface area contributed by atoms with Crippen molar-refractivity contribution in [1.29, 1.82) is 0 Å². The van der Waals surface area contributed by atoms with Crippen molar-refractivity contribution in [3.63, 3.8) is 0 Å². The molecule has 0 aromatic rings. The molecular weight excluding hydrogens is 240 g/mol. The van der Waals surface area contributed by atoms with Crippen molar-refractivity contribution in [3.05, 3.63) is 0 Å². The molecule has 0 radical (unpaired) electrons. The average Bonchev–Trinajstić information content (AvgIpc) is 2.15. The predicted molar refractivity (Wildman–Crippen MR) is 68.3 cm³/mol. The Morgan fingerprint density at radius 3 is 2.65 bits per heavy atom. The molecule has 0 spiro atoms. The minimum Gasteiger partial charge on any atom is -0.378 e. The van der Waals surface area contributed by atoms with Gasteiger partial charge in [0, 0.05) is 18.6 Å². The van der Waals surface area contributed by atoms with Gasteiger partial charge in [-0.1, -0.05) is 0 Å². The Morgan fingerprint density at radius 1 is 1.47 bits per heavy atom. The molecule has 2 unspecified atom stereocenters. The number of nitrogens with two attached hydrogens (primary N) is 1. The summed E-state index contributed by atoms with van der Waals surface area (Å²) in [6.45, 7) is 6.51. The topological polar surface area (TPSA) is 72.6 Å². The van der Waals surface area contributed by atoms with Crippen LogP contribution in [0.25, 0.3) is 0 Å². The Kier molecular flexibility index (Phi) is 5.37. The van der Waals surface area contributed by atoms with Gasteiger partial charge in [0.2, 0.25) is 10.0 Å². The number of nitrogens with zero attached hydrogens (tertiary/aromatic N) is 1. The second kappa shape index (κ2) is 6.13. The van der Waals surface area contributed by atoms with E-state index in [1.165, 1.54) is 0 Å². The van der Waals surface area contributed by atoms with Crippen LogP contribution in [0.15, 0.2) is 0 Å². The number of hydrogen-bond donors (Lipinski definition) is 1. The summed E-state index contributed by atoms with van der Waals surface area (Å²) in [6.07, 6.45) is 1.55. The van der Waals surface area contributed by atoms with Crippen LogP contribution in [0.3, 0.4) is 0 Å². The van der Waals surface area contributed by atoms with E-state index in [0.717, 1.165) is 12.8 Å². The van der Waals surface area contributed by atoms with Crippen molar-refractivity contribution < 1.29 is 13.2 Å². The van der Waals surface area contributed by atoms with E-state index in [4.69, 9.17) is 10.5 Å². The third kappa shape index (κ3) is 4.54. The van der Waals surface area contributed by atoms with Gasteiger partial charge in [-0.05, 0) is 33.6 Å². The highest BCUT2D eigenvalue weighted by Gasteiger charge is 2.31.